The molecule has 0 N–H and O–H groups in total. The van der Waals surface area contributed by atoms with E-state index in [1.165, 1.54) is 6.07 Å². The molecule has 0 aliphatic carbocycles. The summed E-state index contributed by atoms with van der Waals surface area (Å²) < 4.78 is 10.3. The molecule has 144 valence electrons. The Morgan fingerprint density at radius 3 is 2.67 bits per heavy atom. The summed E-state index contributed by atoms with van der Waals surface area (Å²) in [5, 5.41) is 15.4. The number of piperidine rings is 1. The summed E-state index contributed by atoms with van der Waals surface area (Å²) in [4.78, 5) is 25.5. The molecular formula is C19H23N3O5. The Morgan fingerprint density at radius 1 is 1.37 bits per heavy atom. The van der Waals surface area contributed by atoms with Crippen molar-refractivity contribution in [2.45, 2.75) is 40.2 Å². The third-order valence-corrected chi connectivity index (χ3v) is 5.06. The number of benzene rings is 1. The van der Waals surface area contributed by atoms with Crippen LogP contribution in [0.4, 0.5) is 11.4 Å². The molecule has 2 heterocycles. The van der Waals surface area contributed by atoms with Gasteiger partial charge in [-0.3, -0.25) is 10.1 Å². The first-order chi connectivity index (χ1) is 12.9. The topological polar surface area (TPSA) is 98.7 Å². The molecule has 8 nitrogen and oxygen atoms in total. The molecule has 8 heteroatoms. The Kier molecular flexibility index (Phi) is 5.43. The quantitative estimate of drug-likeness (QED) is 0.446. The van der Waals surface area contributed by atoms with Crippen molar-refractivity contribution in [3.05, 3.63) is 50.9 Å². The molecule has 1 saturated heterocycles. The number of nitro groups is 1. The van der Waals surface area contributed by atoms with Crippen LogP contribution in [0, 0.1) is 29.9 Å². The molecule has 1 aromatic carbocycles. The molecule has 0 bridgehead atoms. The number of aromatic nitrogens is 1. The zero-order valence-electron chi connectivity index (χ0n) is 15.7. The van der Waals surface area contributed by atoms with E-state index in [0.717, 1.165) is 25.9 Å². The lowest BCUT2D eigenvalue weighted by molar-refractivity contribution is -0.384. The van der Waals surface area contributed by atoms with Gasteiger partial charge in [0.15, 0.2) is 0 Å². The van der Waals surface area contributed by atoms with E-state index < -0.39 is 10.9 Å². The predicted molar refractivity (Wildman–Crippen MR) is 98.8 cm³/mol. The van der Waals surface area contributed by atoms with E-state index in [1.807, 2.05) is 4.90 Å². The van der Waals surface area contributed by atoms with Crippen molar-refractivity contribution in [2.24, 2.45) is 5.92 Å². The summed E-state index contributed by atoms with van der Waals surface area (Å²) >= 11 is 0. The van der Waals surface area contributed by atoms with E-state index in [-0.39, 0.29) is 17.9 Å². The van der Waals surface area contributed by atoms with Crippen molar-refractivity contribution in [1.29, 1.82) is 0 Å². The lowest BCUT2D eigenvalue weighted by atomic mass is 9.98. The minimum absolute atomic E-state index is 0.0135. The number of carbonyl (C=O) groups excluding carboxylic acids is 1. The summed E-state index contributed by atoms with van der Waals surface area (Å²) in [5.41, 5.74) is 1.99. The SMILES string of the molecule is Cc1noc(C)c1COC(=O)c1ccc(N2CCC(C)CC2)c([N+](=O)[O-])c1. The van der Waals surface area contributed by atoms with Crippen LogP contribution in [0.1, 0.15) is 47.1 Å². The molecule has 0 atom stereocenters. The van der Waals surface area contributed by atoms with Gasteiger partial charge in [-0.1, -0.05) is 12.1 Å². The van der Waals surface area contributed by atoms with Crippen molar-refractivity contribution in [3.63, 3.8) is 0 Å². The average molecular weight is 373 g/mol. The Hall–Kier alpha value is -2.90. The molecule has 3 rings (SSSR count). The first-order valence-corrected chi connectivity index (χ1v) is 8.99. The summed E-state index contributed by atoms with van der Waals surface area (Å²) in [6.45, 7) is 7.25. The van der Waals surface area contributed by atoms with Crippen molar-refractivity contribution >= 4 is 17.3 Å². The highest BCUT2D eigenvalue weighted by molar-refractivity contribution is 5.91. The fourth-order valence-electron chi connectivity index (χ4n) is 3.24. The van der Waals surface area contributed by atoms with Crippen LogP contribution in [0.2, 0.25) is 0 Å². The number of hydrogen-bond acceptors (Lipinski definition) is 7. The number of aryl methyl sites for hydroxylation is 2. The largest absolute Gasteiger partial charge is 0.457 e. The van der Waals surface area contributed by atoms with Gasteiger partial charge < -0.3 is 14.2 Å². The second kappa shape index (κ2) is 7.77. The number of nitro benzene ring substituents is 1. The summed E-state index contributed by atoms with van der Waals surface area (Å²) in [6, 6.07) is 4.51. The minimum atomic E-state index is -0.614. The van der Waals surface area contributed by atoms with Crippen LogP contribution < -0.4 is 4.90 Å². The number of rotatable bonds is 5. The number of hydrogen-bond donors (Lipinski definition) is 0. The van der Waals surface area contributed by atoms with E-state index >= 15 is 0 Å². The molecule has 0 amide bonds. The molecule has 0 unspecified atom stereocenters. The second-order valence-corrected chi connectivity index (χ2v) is 7.01. The number of anilines is 1. The highest BCUT2D eigenvalue weighted by Crippen LogP contribution is 2.32. The van der Waals surface area contributed by atoms with Crippen molar-refractivity contribution in [3.8, 4) is 0 Å². The Labute approximate surface area is 157 Å². The molecule has 1 fully saturated rings. The number of esters is 1. The molecule has 1 aliphatic heterocycles. The number of ether oxygens (including phenoxy) is 1. The van der Waals surface area contributed by atoms with Crippen LogP contribution in [-0.2, 0) is 11.3 Å². The molecule has 27 heavy (non-hydrogen) atoms. The Morgan fingerprint density at radius 2 is 2.07 bits per heavy atom. The third kappa shape index (κ3) is 4.10. The third-order valence-electron chi connectivity index (χ3n) is 5.06. The van der Waals surface area contributed by atoms with Crippen molar-refractivity contribution in [1.82, 2.24) is 5.16 Å². The number of nitrogens with zero attached hydrogens (tertiary/aromatic N) is 3. The first-order valence-electron chi connectivity index (χ1n) is 8.99. The van der Waals surface area contributed by atoms with Crippen LogP contribution in [-0.4, -0.2) is 29.1 Å². The van der Waals surface area contributed by atoms with Gasteiger partial charge in [-0.25, -0.2) is 4.79 Å². The summed E-state index contributed by atoms with van der Waals surface area (Å²) in [6.07, 6.45) is 2.00. The Bertz CT molecular complexity index is 834. The van der Waals surface area contributed by atoms with Crippen LogP contribution in [0.25, 0.3) is 0 Å². The minimum Gasteiger partial charge on any atom is -0.457 e. The number of carbonyl (C=O) groups is 1. The molecular weight excluding hydrogens is 350 g/mol. The van der Waals surface area contributed by atoms with Gasteiger partial charge in [-0.2, -0.15) is 0 Å². The van der Waals surface area contributed by atoms with Gasteiger partial charge in [0.25, 0.3) is 5.69 Å². The van der Waals surface area contributed by atoms with E-state index in [9.17, 15) is 14.9 Å². The fraction of sp³-hybridized carbons (Fsp3) is 0.474. The van der Waals surface area contributed by atoms with Gasteiger partial charge in [0.05, 0.1) is 21.7 Å². The Balaban J connectivity index is 1.77. The molecule has 1 aliphatic rings. The maximum absolute atomic E-state index is 12.4. The summed E-state index contributed by atoms with van der Waals surface area (Å²) in [5.74, 6) is 0.594. The predicted octanol–water partition coefficient (Wildman–Crippen LogP) is 3.79. The lowest BCUT2D eigenvalue weighted by Gasteiger charge is -2.31. The average Bonchev–Trinajstić information content (AvgIpc) is 2.97. The smallest absolute Gasteiger partial charge is 0.338 e. The van der Waals surface area contributed by atoms with Gasteiger partial charge in [-0.15, -0.1) is 0 Å². The van der Waals surface area contributed by atoms with Crippen molar-refractivity contribution < 1.29 is 19.0 Å². The summed E-state index contributed by atoms with van der Waals surface area (Å²) in [7, 11) is 0. The highest BCUT2D eigenvalue weighted by Gasteiger charge is 2.25. The standard InChI is InChI=1S/C19H23N3O5/c1-12-6-8-21(9-7-12)17-5-4-15(10-18(17)22(24)25)19(23)26-11-16-13(2)20-27-14(16)3/h4-5,10,12H,6-9,11H2,1-3H3. The molecule has 0 saturated carbocycles. The van der Waals surface area contributed by atoms with E-state index in [2.05, 4.69) is 12.1 Å². The van der Waals surface area contributed by atoms with Crippen LogP contribution in [0.3, 0.4) is 0 Å². The lowest BCUT2D eigenvalue weighted by Crippen LogP contribution is -2.33. The molecule has 0 spiro atoms. The zero-order valence-corrected chi connectivity index (χ0v) is 15.7. The van der Waals surface area contributed by atoms with Gasteiger partial charge in [0.1, 0.15) is 18.1 Å². The maximum Gasteiger partial charge on any atom is 0.338 e. The molecule has 1 aromatic heterocycles. The van der Waals surface area contributed by atoms with E-state index in [0.29, 0.717) is 28.6 Å². The maximum atomic E-state index is 12.4. The van der Waals surface area contributed by atoms with Gasteiger partial charge >= 0.3 is 5.97 Å². The van der Waals surface area contributed by atoms with Crippen LogP contribution in [0.15, 0.2) is 22.7 Å². The molecule has 0 radical (unpaired) electrons. The van der Waals surface area contributed by atoms with Crippen LogP contribution in [0.5, 0.6) is 0 Å². The monoisotopic (exact) mass is 373 g/mol. The fourth-order valence-corrected chi connectivity index (χ4v) is 3.24. The van der Waals surface area contributed by atoms with Gasteiger partial charge in [-0.05, 0) is 44.7 Å². The first kappa shape index (κ1) is 18.9. The normalized spacial score (nSPS) is 15.0. The second-order valence-electron chi connectivity index (χ2n) is 7.01. The van der Waals surface area contributed by atoms with Gasteiger partial charge in [0, 0.05) is 19.2 Å². The highest BCUT2D eigenvalue weighted by atomic mass is 16.6. The van der Waals surface area contributed by atoms with Crippen LogP contribution >= 0.6 is 0 Å². The van der Waals surface area contributed by atoms with Crippen molar-refractivity contribution in [2.75, 3.05) is 18.0 Å². The van der Waals surface area contributed by atoms with E-state index in [1.54, 1.807) is 26.0 Å². The van der Waals surface area contributed by atoms with Gasteiger partial charge in [0.2, 0.25) is 0 Å². The van der Waals surface area contributed by atoms with E-state index in [4.69, 9.17) is 9.26 Å². The zero-order chi connectivity index (χ0) is 19.6. The molecule has 2 aromatic rings.